The average Bonchev–Trinajstić information content (AvgIpc) is 2.76. The third-order valence-electron chi connectivity index (χ3n) is 4.38. The average molecular weight is 634 g/mol. The van der Waals surface area contributed by atoms with E-state index < -0.39 is 83.1 Å². The van der Waals surface area contributed by atoms with E-state index in [0.717, 1.165) is 13.8 Å². The molecule has 3 fully saturated rings. The Morgan fingerprint density at radius 3 is 1.57 bits per heavy atom. The van der Waals surface area contributed by atoms with Gasteiger partial charge in [0.25, 0.3) is 0 Å². The van der Waals surface area contributed by atoms with Gasteiger partial charge in [-0.1, -0.05) is 0 Å². The smallest absolute Gasteiger partial charge is 0.312 e. The SMILES string of the molecule is COP(C)(=O)OC1C(OP(=O)(O)O)C2OP(C)(=O)OP(=O)(O)OC2C2OP(=O)(O)OP(=O)(O)OC12. The van der Waals surface area contributed by atoms with Gasteiger partial charge < -0.3 is 29.0 Å². The van der Waals surface area contributed by atoms with Crippen molar-refractivity contribution in [1.82, 2.24) is 0 Å². The molecule has 0 radical (unpaired) electrons. The fourth-order valence-corrected chi connectivity index (χ4v) is 10.1. The maximum Gasteiger partial charge on any atom is 0.481 e. The van der Waals surface area contributed by atoms with Crippen molar-refractivity contribution in [2.75, 3.05) is 20.4 Å². The van der Waals surface area contributed by atoms with Gasteiger partial charge in [0.15, 0.2) is 0 Å². The highest BCUT2D eigenvalue weighted by molar-refractivity contribution is 7.64. The summed E-state index contributed by atoms with van der Waals surface area (Å²) in [5, 5.41) is 0. The first-order valence-corrected chi connectivity index (χ1v) is 18.8. The topological polar surface area (TPSA) is 287 Å². The summed E-state index contributed by atoms with van der Waals surface area (Å²) in [7, 11) is -30.0. The lowest BCUT2D eigenvalue weighted by Gasteiger charge is -2.47. The monoisotopic (exact) mass is 634 g/mol. The van der Waals surface area contributed by atoms with Crippen LogP contribution in [0.25, 0.3) is 0 Å². The normalized spacial score (nSPS) is 50.7. The molecule has 26 heteroatoms. The van der Waals surface area contributed by atoms with Gasteiger partial charge in [0.1, 0.15) is 36.6 Å². The number of phosphoric ester groups is 4. The first kappa shape index (κ1) is 30.4. The van der Waals surface area contributed by atoms with Crippen LogP contribution in [-0.4, -0.2) is 81.5 Å². The van der Waals surface area contributed by atoms with Crippen LogP contribution in [0.3, 0.4) is 0 Å². The van der Waals surface area contributed by atoms with Crippen LogP contribution in [0.1, 0.15) is 0 Å². The van der Waals surface area contributed by atoms with Gasteiger partial charge in [-0.15, -0.1) is 0 Å². The van der Waals surface area contributed by atoms with E-state index in [4.69, 9.17) is 22.6 Å². The molecule has 1 saturated carbocycles. The maximum atomic E-state index is 12.6. The molecule has 0 aromatic heterocycles. The van der Waals surface area contributed by atoms with Crippen molar-refractivity contribution >= 4 is 46.5 Å². The molecule has 11 unspecified atom stereocenters. The maximum absolute atomic E-state index is 12.6. The Morgan fingerprint density at radius 2 is 1.11 bits per heavy atom. The summed E-state index contributed by atoms with van der Waals surface area (Å²) in [6.07, 6.45) is -13.7. The van der Waals surface area contributed by atoms with Gasteiger partial charge in [0.05, 0.1) is 0 Å². The second kappa shape index (κ2) is 9.78. The predicted octanol–water partition coefficient (Wildman–Crippen LogP) is 1.06. The lowest BCUT2D eigenvalue weighted by Crippen LogP contribution is -2.65. The second-order valence-electron chi connectivity index (χ2n) is 7.20. The summed E-state index contributed by atoms with van der Waals surface area (Å²) in [4.78, 5) is 48.5. The Labute approximate surface area is 196 Å². The molecule has 0 aromatic rings. The first-order chi connectivity index (χ1) is 15.5. The fraction of sp³-hybridized carbons (Fsp3) is 1.00. The van der Waals surface area contributed by atoms with Gasteiger partial charge in [-0.05, 0) is 0 Å². The van der Waals surface area contributed by atoms with Gasteiger partial charge in [-0.2, -0.15) is 4.31 Å². The quantitative estimate of drug-likeness (QED) is 0.264. The minimum absolute atomic E-state index is 0.657. The molecule has 0 amide bonds. The summed E-state index contributed by atoms with van der Waals surface area (Å²) in [5.41, 5.74) is 0. The van der Waals surface area contributed by atoms with E-state index in [2.05, 4.69) is 17.7 Å². The molecule has 20 nitrogen and oxygen atoms in total. The summed E-state index contributed by atoms with van der Waals surface area (Å²) < 4.78 is 116. The van der Waals surface area contributed by atoms with E-state index in [-0.39, 0.29) is 0 Å². The molecule has 3 rings (SSSR count). The zero-order chi connectivity index (χ0) is 26.8. The Morgan fingerprint density at radius 1 is 0.714 bits per heavy atom. The molecule has 1 aliphatic carbocycles. The molecule has 206 valence electrons. The van der Waals surface area contributed by atoms with Crippen molar-refractivity contribution in [3.63, 3.8) is 0 Å². The third kappa shape index (κ3) is 7.69. The van der Waals surface area contributed by atoms with Crippen molar-refractivity contribution in [3.8, 4) is 0 Å². The Bertz CT molecular complexity index is 1130. The fourth-order valence-electron chi connectivity index (χ4n) is 3.34. The second-order valence-corrected chi connectivity index (χ2v) is 17.0. The molecule has 3 aliphatic rings. The zero-order valence-electron chi connectivity index (χ0n) is 17.5. The van der Waals surface area contributed by atoms with Crippen LogP contribution >= 0.6 is 46.5 Å². The van der Waals surface area contributed by atoms with Crippen LogP contribution in [0.2, 0.25) is 0 Å². The molecule has 0 aromatic carbocycles. The Hall–Kier alpha value is 0.820. The van der Waals surface area contributed by atoms with E-state index in [1.165, 1.54) is 0 Å². The van der Waals surface area contributed by atoms with E-state index >= 15 is 0 Å². The largest absolute Gasteiger partial charge is 0.481 e. The van der Waals surface area contributed by atoms with Crippen molar-refractivity contribution < 1.29 is 92.1 Å². The van der Waals surface area contributed by atoms with Crippen LogP contribution in [0.5, 0.6) is 0 Å². The first-order valence-electron chi connectivity index (χ1n) is 8.82. The van der Waals surface area contributed by atoms with Crippen LogP contribution in [0.4, 0.5) is 0 Å². The van der Waals surface area contributed by atoms with Crippen LogP contribution in [0.15, 0.2) is 0 Å². The molecule has 2 saturated heterocycles. The number of phosphoric acid groups is 4. The van der Waals surface area contributed by atoms with E-state index in [1.807, 2.05) is 0 Å². The summed E-state index contributed by atoms with van der Waals surface area (Å²) in [6.45, 7) is 1.50. The molecule has 2 heterocycles. The molecular formula is C9H20O20P6. The molecule has 11 atom stereocenters. The number of fused-ring (bicyclic) bond motifs is 3. The molecule has 5 N–H and O–H groups in total. The number of hydrogen-bond acceptors (Lipinski definition) is 15. The minimum atomic E-state index is -5.58. The Balaban J connectivity index is 2.26. The van der Waals surface area contributed by atoms with Gasteiger partial charge in [0.2, 0.25) is 0 Å². The predicted molar refractivity (Wildman–Crippen MR) is 107 cm³/mol. The molecular weight excluding hydrogens is 614 g/mol. The molecule has 0 bridgehead atoms. The van der Waals surface area contributed by atoms with Crippen LogP contribution < -0.4 is 0 Å². The zero-order valence-corrected chi connectivity index (χ0v) is 22.9. The van der Waals surface area contributed by atoms with Crippen molar-refractivity contribution in [2.45, 2.75) is 36.6 Å². The summed E-state index contributed by atoms with van der Waals surface area (Å²) in [5.74, 6) is 0. The third-order valence-corrected chi connectivity index (χ3v) is 12.0. The van der Waals surface area contributed by atoms with Gasteiger partial charge in [0, 0.05) is 20.4 Å². The van der Waals surface area contributed by atoms with E-state index in [0.29, 0.717) is 6.66 Å². The summed E-state index contributed by atoms with van der Waals surface area (Å²) in [6, 6.07) is 0. The Kier molecular flexibility index (Phi) is 8.48. The highest BCUT2D eigenvalue weighted by Gasteiger charge is 2.66. The summed E-state index contributed by atoms with van der Waals surface area (Å²) >= 11 is 0. The standard InChI is InChI=1S/C9H20O20P6/c1-21-30(2,10)22-4-6(24-32(12,13)14)5-8(25-33(15,16)28-31(3,11)23-5)9-7(4)26-34(17,18)29-35(19,20)27-9/h4-9H,1-3H3,(H,15,16)(H,17,18)(H,19,20)(H2,12,13,14). The van der Waals surface area contributed by atoms with Crippen molar-refractivity contribution in [2.24, 2.45) is 0 Å². The van der Waals surface area contributed by atoms with Crippen LogP contribution in [0, 0.1) is 0 Å². The highest BCUT2D eigenvalue weighted by atomic mass is 31.3. The molecule has 35 heavy (non-hydrogen) atoms. The van der Waals surface area contributed by atoms with Crippen LogP contribution in [-0.2, 0) is 67.7 Å². The molecule has 2 aliphatic heterocycles. The van der Waals surface area contributed by atoms with Crippen molar-refractivity contribution in [1.29, 1.82) is 0 Å². The molecule has 0 spiro atoms. The van der Waals surface area contributed by atoms with E-state index in [9.17, 15) is 51.9 Å². The lowest BCUT2D eigenvalue weighted by molar-refractivity contribution is -0.188. The minimum Gasteiger partial charge on any atom is -0.312 e. The van der Waals surface area contributed by atoms with Gasteiger partial charge in [-0.25, -0.2) is 22.6 Å². The number of hydrogen-bond donors (Lipinski definition) is 5. The van der Waals surface area contributed by atoms with Gasteiger partial charge >= 0.3 is 46.5 Å². The van der Waals surface area contributed by atoms with Gasteiger partial charge in [-0.3, -0.25) is 36.3 Å². The van der Waals surface area contributed by atoms with Crippen molar-refractivity contribution in [3.05, 3.63) is 0 Å². The lowest BCUT2D eigenvalue weighted by atomic mass is 9.85. The van der Waals surface area contributed by atoms with E-state index in [1.54, 1.807) is 0 Å². The number of rotatable bonds is 5. The highest BCUT2D eigenvalue weighted by Crippen LogP contribution is 2.70.